The molecule has 0 atom stereocenters. The van der Waals surface area contributed by atoms with Gasteiger partial charge < -0.3 is 0 Å². The van der Waals surface area contributed by atoms with Gasteiger partial charge in [0.25, 0.3) is 0 Å². The van der Waals surface area contributed by atoms with Crippen molar-refractivity contribution in [2.24, 2.45) is 0 Å². The number of rotatable bonds is 8. The summed E-state index contributed by atoms with van der Waals surface area (Å²) in [7, 11) is 0. The molecule has 3 aromatic carbocycles. The molecule has 36 heavy (non-hydrogen) atoms. The second kappa shape index (κ2) is 10.9. The topological polar surface area (TPSA) is 30.7 Å². The van der Waals surface area contributed by atoms with Crippen LogP contribution in [0, 0.1) is 0 Å². The predicted molar refractivity (Wildman–Crippen MR) is 144 cm³/mol. The molecule has 4 aromatic rings. The van der Waals surface area contributed by atoms with Gasteiger partial charge in [0.1, 0.15) is 0 Å². The monoisotopic (exact) mass is 479 g/mol. The van der Waals surface area contributed by atoms with E-state index in [1.807, 2.05) is 48.5 Å². The Morgan fingerprint density at radius 2 is 1.36 bits per heavy atom. The summed E-state index contributed by atoms with van der Waals surface area (Å²) in [6.45, 7) is 11.0. The minimum atomic E-state index is -1.13. The van der Waals surface area contributed by atoms with Crippen LogP contribution in [-0.4, -0.2) is 15.0 Å². The molecule has 5 heteroatoms. The Balaban J connectivity index is 1.67. The fraction of sp³-hybridized carbons (Fsp3) is 0.0968. The van der Waals surface area contributed by atoms with Crippen LogP contribution in [0.3, 0.4) is 0 Å². The Hall–Kier alpha value is -4.38. The number of allylic oxidation sites excluding steroid dienone is 6. The normalized spacial score (nSPS) is 12.6. The van der Waals surface area contributed by atoms with Gasteiger partial charge in [-0.05, 0) is 52.8 Å². The highest BCUT2D eigenvalue weighted by Crippen LogP contribution is 2.36. The third kappa shape index (κ3) is 5.31. The van der Waals surface area contributed by atoms with Crippen molar-refractivity contribution in [3.05, 3.63) is 144 Å². The van der Waals surface area contributed by atoms with E-state index in [9.17, 15) is 8.78 Å². The lowest BCUT2D eigenvalue weighted by Gasteiger charge is -2.17. The highest BCUT2D eigenvalue weighted by atomic mass is 19.2. The van der Waals surface area contributed by atoms with Gasteiger partial charge in [-0.2, -0.15) is 0 Å². The van der Waals surface area contributed by atoms with Crippen molar-refractivity contribution in [2.75, 3.05) is 0 Å². The van der Waals surface area contributed by atoms with Gasteiger partial charge >= 0.3 is 0 Å². The molecule has 3 nitrogen and oxygen atoms in total. The number of halogens is 2. The zero-order valence-electron chi connectivity index (χ0n) is 20.4. The summed E-state index contributed by atoms with van der Waals surface area (Å²) in [5.74, 6) is -2.17. The van der Waals surface area contributed by atoms with Crippen LogP contribution in [0.25, 0.3) is 22.4 Å². The van der Waals surface area contributed by atoms with Gasteiger partial charge in [-0.25, -0.2) is 13.5 Å². The van der Waals surface area contributed by atoms with Crippen molar-refractivity contribution in [1.29, 1.82) is 0 Å². The van der Waals surface area contributed by atoms with Crippen molar-refractivity contribution < 1.29 is 8.78 Å². The minimum absolute atomic E-state index is 0.0114. The molecule has 0 radical (unpaired) electrons. The number of hydrogen-bond donors (Lipinski definition) is 0. The van der Waals surface area contributed by atoms with Crippen LogP contribution in [0.4, 0.5) is 8.78 Å². The first-order chi connectivity index (χ1) is 17.4. The van der Waals surface area contributed by atoms with E-state index in [0.717, 1.165) is 39.0 Å². The number of benzene rings is 3. The fourth-order valence-electron chi connectivity index (χ4n) is 4.18. The van der Waals surface area contributed by atoms with E-state index in [1.165, 1.54) is 11.6 Å². The SMILES string of the molecule is C=C(F)/C(F)=C(\C)n1nncc1Cc1ccc(/C(C)=C(/C(=C)c2ccccc2)c2ccccc2)cc1. The Labute approximate surface area is 210 Å². The smallest absolute Gasteiger partial charge is 0.179 e. The molecule has 0 aliphatic carbocycles. The molecule has 4 rings (SSSR count). The maximum absolute atomic E-state index is 14.1. The van der Waals surface area contributed by atoms with E-state index in [4.69, 9.17) is 0 Å². The molecule has 0 aliphatic rings. The Morgan fingerprint density at radius 1 is 0.778 bits per heavy atom. The summed E-state index contributed by atoms with van der Waals surface area (Å²) in [6, 6.07) is 28.6. The Kier molecular flexibility index (Phi) is 7.50. The second-order valence-corrected chi connectivity index (χ2v) is 8.53. The van der Waals surface area contributed by atoms with E-state index >= 15 is 0 Å². The molecule has 0 fully saturated rings. The summed E-state index contributed by atoms with van der Waals surface area (Å²) < 4.78 is 28.6. The van der Waals surface area contributed by atoms with E-state index < -0.39 is 11.7 Å². The van der Waals surface area contributed by atoms with Crippen LogP contribution in [-0.2, 0) is 6.42 Å². The van der Waals surface area contributed by atoms with Crippen molar-refractivity contribution in [3.63, 3.8) is 0 Å². The molecule has 0 bridgehead atoms. The first kappa shape index (κ1) is 24.7. The number of hydrogen-bond acceptors (Lipinski definition) is 2. The third-order valence-electron chi connectivity index (χ3n) is 6.13. The summed E-state index contributed by atoms with van der Waals surface area (Å²) in [5.41, 5.74) is 8.03. The van der Waals surface area contributed by atoms with Crippen molar-refractivity contribution in [2.45, 2.75) is 20.3 Å². The zero-order chi connectivity index (χ0) is 25.7. The van der Waals surface area contributed by atoms with Crippen LogP contribution in [0.1, 0.15) is 41.8 Å². The van der Waals surface area contributed by atoms with Crippen LogP contribution < -0.4 is 0 Å². The van der Waals surface area contributed by atoms with Gasteiger partial charge in [-0.3, -0.25) is 0 Å². The number of aromatic nitrogens is 3. The van der Waals surface area contributed by atoms with E-state index in [-0.39, 0.29) is 5.70 Å². The molecule has 0 saturated carbocycles. The summed E-state index contributed by atoms with van der Waals surface area (Å²) >= 11 is 0. The van der Waals surface area contributed by atoms with E-state index in [0.29, 0.717) is 12.1 Å². The molecule has 1 heterocycles. The largest absolute Gasteiger partial charge is 0.219 e. The molecule has 180 valence electrons. The summed E-state index contributed by atoms with van der Waals surface area (Å²) in [4.78, 5) is 0. The molecule has 0 aliphatic heterocycles. The van der Waals surface area contributed by atoms with Crippen LogP contribution in [0.15, 0.2) is 116 Å². The molecule has 1 aromatic heterocycles. The van der Waals surface area contributed by atoms with Crippen LogP contribution in [0.2, 0.25) is 0 Å². The van der Waals surface area contributed by atoms with Crippen molar-refractivity contribution in [3.8, 4) is 0 Å². The fourth-order valence-corrected chi connectivity index (χ4v) is 4.18. The zero-order valence-corrected chi connectivity index (χ0v) is 20.4. The molecule has 0 unspecified atom stereocenters. The molecular weight excluding hydrogens is 452 g/mol. The average Bonchev–Trinajstić information content (AvgIpc) is 3.37. The lowest BCUT2D eigenvalue weighted by Crippen LogP contribution is -2.05. The number of nitrogens with zero attached hydrogens (tertiary/aromatic N) is 3. The minimum Gasteiger partial charge on any atom is -0.219 e. The summed E-state index contributed by atoms with van der Waals surface area (Å²) in [5, 5.41) is 7.79. The van der Waals surface area contributed by atoms with Gasteiger partial charge in [0.15, 0.2) is 11.7 Å². The second-order valence-electron chi connectivity index (χ2n) is 8.53. The van der Waals surface area contributed by atoms with E-state index in [1.54, 1.807) is 6.20 Å². The van der Waals surface area contributed by atoms with Crippen LogP contribution in [0.5, 0.6) is 0 Å². The van der Waals surface area contributed by atoms with E-state index in [2.05, 4.69) is 66.8 Å². The molecule has 0 N–H and O–H groups in total. The lowest BCUT2D eigenvalue weighted by atomic mass is 9.87. The predicted octanol–water partition coefficient (Wildman–Crippen LogP) is 8.15. The van der Waals surface area contributed by atoms with Gasteiger partial charge in [-0.1, -0.05) is 103 Å². The Morgan fingerprint density at radius 3 is 1.94 bits per heavy atom. The van der Waals surface area contributed by atoms with Crippen LogP contribution >= 0.6 is 0 Å². The third-order valence-corrected chi connectivity index (χ3v) is 6.13. The first-order valence-electron chi connectivity index (χ1n) is 11.6. The standard InChI is InChI=1S/C31H27F2N3/c1-21(26-11-7-5-8-12-26)30(28-13-9-6-10-14-28)22(2)27-17-15-25(16-18-27)19-29-20-34-35-36(29)24(4)31(33)23(3)32/h5-18,20H,1,3,19H2,2,4H3/b30-22-,31-24-. The molecule has 0 saturated heterocycles. The average molecular weight is 480 g/mol. The quantitative estimate of drug-likeness (QED) is 0.189. The maximum atomic E-state index is 14.1. The summed E-state index contributed by atoms with van der Waals surface area (Å²) in [6.07, 6.45) is 2.01. The highest BCUT2D eigenvalue weighted by Gasteiger charge is 2.15. The van der Waals surface area contributed by atoms with Gasteiger partial charge in [0.05, 0.1) is 17.6 Å². The van der Waals surface area contributed by atoms with Crippen molar-refractivity contribution in [1.82, 2.24) is 15.0 Å². The molecule has 0 amide bonds. The van der Waals surface area contributed by atoms with Gasteiger partial charge in [0.2, 0.25) is 0 Å². The van der Waals surface area contributed by atoms with Gasteiger partial charge in [0, 0.05) is 6.42 Å². The molecule has 0 spiro atoms. The lowest BCUT2D eigenvalue weighted by molar-refractivity contribution is 0.542. The maximum Gasteiger partial charge on any atom is 0.179 e. The van der Waals surface area contributed by atoms with Crippen molar-refractivity contribution >= 4 is 22.4 Å². The molecular formula is C31H27F2N3. The first-order valence-corrected chi connectivity index (χ1v) is 11.6. The van der Waals surface area contributed by atoms with Gasteiger partial charge in [-0.15, -0.1) is 5.10 Å². The Bertz CT molecular complexity index is 1440. The highest BCUT2D eigenvalue weighted by molar-refractivity contribution is 6.13.